The molecule has 0 aliphatic carbocycles. The summed E-state index contributed by atoms with van der Waals surface area (Å²) in [5, 5.41) is 3.31. The fourth-order valence-corrected chi connectivity index (χ4v) is 2.51. The van der Waals surface area contributed by atoms with Crippen LogP contribution in [0.2, 0.25) is 0 Å². The second-order valence-corrected chi connectivity index (χ2v) is 5.64. The molecule has 1 N–H and O–H groups in total. The van der Waals surface area contributed by atoms with E-state index in [1.165, 1.54) is 0 Å². The van der Waals surface area contributed by atoms with Gasteiger partial charge in [-0.25, -0.2) is 4.98 Å². The first-order valence-corrected chi connectivity index (χ1v) is 6.53. The predicted molar refractivity (Wildman–Crippen MR) is 74.3 cm³/mol. The Kier molecular flexibility index (Phi) is 3.01. The van der Waals surface area contributed by atoms with Gasteiger partial charge in [-0.05, 0) is 22.6 Å². The molecular weight excluding hydrogens is 406 g/mol. The van der Waals surface area contributed by atoms with Gasteiger partial charge in [0.1, 0.15) is 27.7 Å². The second kappa shape index (κ2) is 3.95. The molecule has 2 heterocycles. The molecule has 1 aromatic heterocycles. The summed E-state index contributed by atoms with van der Waals surface area (Å²) in [6.07, 6.45) is 1.81. The van der Waals surface area contributed by atoms with E-state index in [0.717, 1.165) is 17.3 Å². The summed E-state index contributed by atoms with van der Waals surface area (Å²) in [6, 6.07) is 0. The van der Waals surface area contributed by atoms with Gasteiger partial charge in [-0.15, -0.1) is 0 Å². The Hall–Kier alpha value is 0.140. The molecule has 2 rings (SSSR count). The number of hydrogen-bond donors (Lipinski definition) is 1. The van der Waals surface area contributed by atoms with Gasteiger partial charge in [0.15, 0.2) is 0 Å². The second-order valence-electron chi connectivity index (χ2n) is 3.42. The number of imidazole rings is 1. The van der Waals surface area contributed by atoms with E-state index in [-0.39, 0.29) is 4.05 Å². The van der Waals surface area contributed by atoms with Crippen LogP contribution in [-0.4, -0.2) is 13.6 Å². The number of nitrogens with one attached hydrogen (secondary N) is 1. The first-order chi connectivity index (χ1) is 6.59. The summed E-state index contributed by atoms with van der Waals surface area (Å²) < 4.78 is 2.10. The fourth-order valence-electron chi connectivity index (χ4n) is 1.26. The van der Waals surface area contributed by atoms with E-state index in [0.29, 0.717) is 5.92 Å². The summed E-state index contributed by atoms with van der Waals surface area (Å²) in [5.74, 6) is 2.52. The smallest absolute Gasteiger partial charge is 0.148 e. The van der Waals surface area contributed by atoms with Gasteiger partial charge in [0.2, 0.25) is 0 Å². The van der Waals surface area contributed by atoms with Gasteiger partial charge < -0.3 is 5.32 Å². The molecule has 76 valence electrons. The van der Waals surface area contributed by atoms with Crippen molar-refractivity contribution in [3.05, 3.63) is 12.0 Å². The standard InChI is InChI=1S/C8H10I2N4/c1-4(2)7-12-6(9)5-8(13-7)14(10)3-11-5/h3-4,6H,1-2H3,(H,12,13). The number of aromatic nitrogens is 2. The topological polar surface area (TPSA) is 42.2 Å². The maximum absolute atomic E-state index is 4.55. The zero-order chi connectivity index (χ0) is 10.3. The lowest BCUT2D eigenvalue weighted by Gasteiger charge is -2.20. The van der Waals surface area contributed by atoms with Crippen LogP contribution in [0.5, 0.6) is 0 Å². The van der Waals surface area contributed by atoms with Crippen molar-refractivity contribution >= 4 is 57.1 Å². The molecular formula is C8H10I2N4. The summed E-state index contributed by atoms with van der Waals surface area (Å²) in [7, 11) is 0. The van der Waals surface area contributed by atoms with Crippen LogP contribution in [0.15, 0.2) is 11.3 Å². The summed E-state index contributed by atoms with van der Waals surface area (Å²) in [5.41, 5.74) is 1.02. The van der Waals surface area contributed by atoms with Crippen LogP contribution in [0.25, 0.3) is 0 Å². The van der Waals surface area contributed by atoms with Crippen molar-refractivity contribution in [2.75, 3.05) is 5.32 Å². The van der Waals surface area contributed by atoms with Gasteiger partial charge in [-0.1, -0.05) is 13.8 Å². The zero-order valence-corrected chi connectivity index (χ0v) is 12.1. The van der Waals surface area contributed by atoms with Gasteiger partial charge in [0, 0.05) is 5.92 Å². The summed E-state index contributed by atoms with van der Waals surface area (Å²) >= 11 is 4.52. The quantitative estimate of drug-likeness (QED) is 0.435. The molecule has 1 atom stereocenters. The Balaban J connectivity index is 2.39. The number of nitrogens with zero attached hydrogens (tertiary/aromatic N) is 3. The Labute approximate surface area is 110 Å². The van der Waals surface area contributed by atoms with Crippen molar-refractivity contribution < 1.29 is 0 Å². The largest absolute Gasteiger partial charge is 0.328 e. The van der Waals surface area contributed by atoms with Crippen molar-refractivity contribution in [3.63, 3.8) is 0 Å². The van der Waals surface area contributed by atoms with Crippen LogP contribution in [-0.2, 0) is 0 Å². The minimum Gasteiger partial charge on any atom is -0.328 e. The van der Waals surface area contributed by atoms with Crippen molar-refractivity contribution in [2.45, 2.75) is 17.9 Å². The maximum atomic E-state index is 4.55. The van der Waals surface area contributed by atoms with Crippen LogP contribution in [0.4, 0.5) is 5.82 Å². The van der Waals surface area contributed by atoms with Gasteiger partial charge in [0.25, 0.3) is 0 Å². The molecule has 4 nitrogen and oxygen atoms in total. The Morgan fingerprint density at radius 1 is 1.57 bits per heavy atom. The van der Waals surface area contributed by atoms with Gasteiger partial charge in [-0.3, -0.25) is 7.77 Å². The first kappa shape index (κ1) is 10.7. The fraction of sp³-hybridized carbons (Fsp3) is 0.500. The minimum atomic E-state index is 0.136. The number of alkyl halides is 1. The summed E-state index contributed by atoms with van der Waals surface area (Å²) in [6.45, 7) is 4.27. The highest BCUT2D eigenvalue weighted by atomic mass is 127. The van der Waals surface area contributed by atoms with Crippen LogP contribution < -0.4 is 5.32 Å². The van der Waals surface area contributed by atoms with E-state index in [9.17, 15) is 0 Å². The average molecular weight is 416 g/mol. The predicted octanol–water partition coefficient (Wildman–Crippen LogP) is 2.99. The molecule has 0 amide bonds. The van der Waals surface area contributed by atoms with Crippen LogP contribution in [0, 0.1) is 5.92 Å². The number of aliphatic imine (C=N–C) groups is 1. The highest BCUT2D eigenvalue weighted by Crippen LogP contribution is 2.35. The molecule has 0 fully saturated rings. The third kappa shape index (κ3) is 1.77. The molecule has 0 radical (unpaired) electrons. The van der Waals surface area contributed by atoms with E-state index in [4.69, 9.17) is 0 Å². The third-order valence-corrected chi connectivity index (χ3v) is 3.63. The average Bonchev–Trinajstić information content (AvgIpc) is 2.48. The van der Waals surface area contributed by atoms with Gasteiger partial charge >= 0.3 is 0 Å². The molecule has 14 heavy (non-hydrogen) atoms. The lowest BCUT2D eigenvalue weighted by atomic mass is 10.2. The number of fused-ring (bicyclic) bond motifs is 1. The highest BCUT2D eigenvalue weighted by Gasteiger charge is 2.24. The third-order valence-electron chi connectivity index (χ3n) is 2.03. The Morgan fingerprint density at radius 2 is 2.29 bits per heavy atom. The SMILES string of the molecule is CC(C)C1=NC(I)c2ncn(I)c2N1. The van der Waals surface area contributed by atoms with E-state index >= 15 is 0 Å². The number of amidine groups is 1. The van der Waals surface area contributed by atoms with Crippen molar-refractivity contribution in [1.29, 1.82) is 0 Å². The monoisotopic (exact) mass is 416 g/mol. The molecule has 1 aliphatic rings. The minimum absolute atomic E-state index is 0.136. The number of halogens is 2. The number of anilines is 1. The Bertz CT molecular complexity index is 383. The summed E-state index contributed by atoms with van der Waals surface area (Å²) in [4.78, 5) is 8.86. The molecule has 0 spiro atoms. The van der Waals surface area contributed by atoms with Crippen LogP contribution in [0.1, 0.15) is 23.6 Å². The lowest BCUT2D eigenvalue weighted by Crippen LogP contribution is -2.24. The van der Waals surface area contributed by atoms with E-state index in [2.05, 4.69) is 74.6 Å². The zero-order valence-electron chi connectivity index (χ0n) is 7.83. The van der Waals surface area contributed by atoms with Crippen LogP contribution >= 0.6 is 45.5 Å². The Morgan fingerprint density at radius 3 is 2.93 bits per heavy atom. The molecule has 1 aliphatic heterocycles. The van der Waals surface area contributed by atoms with Crippen LogP contribution in [0.3, 0.4) is 0 Å². The highest BCUT2D eigenvalue weighted by molar-refractivity contribution is 14.1. The molecule has 1 aromatic rings. The van der Waals surface area contributed by atoms with E-state index in [1.807, 2.05) is 9.11 Å². The molecule has 0 saturated carbocycles. The van der Waals surface area contributed by atoms with Crippen molar-refractivity contribution in [3.8, 4) is 0 Å². The molecule has 0 saturated heterocycles. The number of hydrogen-bond acceptors (Lipinski definition) is 3. The molecule has 0 bridgehead atoms. The maximum Gasteiger partial charge on any atom is 0.148 e. The van der Waals surface area contributed by atoms with Crippen molar-refractivity contribution in [1.82, 2.24) is 7.76 Å². The van der Waals surface area contributed by atoms with E-state index in [1.54, 1.807) is 0 Å². The van der Waals surface area contributed by atoms with Gasteiger partial charge in [-0.2, -0.15) is 0 Å². The molecule has 6 heteroatoms. The molecule has 1 unspecified atom stereocenters. The van der Waals surface area contributed by atoms with Crippen molar-refractivity contribution in [2.24, 2.45) is 10.9 Å². The van der Waals surface area contributed by atoms with E-state index < -0.39 is 0 Å². The normalized spacial score (nSPS) is 20.4. The lowest BCUT2D eigenvalue weighted by molar-refractivity contribution is 0.850. The first-order valence-electron chi connectivity index (χ1n) is 4.31. The molecule has 0 aromatic carbocycles. The van der Waals surface area contributed by atoms with Gasteiger partial charge in [0.05, 0.1) is 22.9 Å². The number of rotatable bonds is 1.